The van der Waals surface area contributed by atoms with Crippen LogP contribution < -0.4 is 21.9 Å². The summed E-state index contributed by atoms with van der Waals surface area (Å²) >= 11 is 6.30. The molecule has 9 nitrogen and oxygen atoms in total. The summed E-state index contributed by atoms with van der Waals surface area (Å²) in [6.45, 7) is 0.132. The van der Waals surface area contributed by atoms with Crippen LogP contribution in [0.3, 0.4) is 0 Å². The van der Waals surface area contributed by atoms with Crippen molar-refractivity contribution in [3.8, 4) is 0 Å². The Bertz CT molecular complexity index is 1370. The minimum Gasteiger partial charge on any atom is -0.346 e. The molecule has 1 amide bonds. The van der Waals surface area contributed by atoms with Crippen LogP contribution in [-0.4, -0.2) is 31.6 Å². The lowest BCUT2D eigenvalue weighted by molar-refractivity contribution is -0.114. The number of carbonyl (C=O) groups is 1. The molecule has 0 unspecified atom stereocenters. The molecule has 0 radical (unpaired) electrons. The number of halogens is 1. The average Bonchev–Trinajstić information content (AvgIpc) is 3.12. The monoisotopic (exact) mass is 438 g/mol. The Balaban J connectivity index is 1.70. The van der Waals surface area contributed by atoms with Crippen LogP contribution in [0, 0.1) is 0 Å². The van der Waals surface area contributed by atoms with Crippen LogP contribution in [0.1, 0.15) is 5.56 Å². The van der Waals surface area contributed by atoms with E-state index in [0.29, 0.717) is 10.7 Å². The number of aromatic nitrogens is 4. The van der Waals surface area contributed by atoms with E-state index in [2.05, 4.69) is 20.6 Å². The number of amides is 1. The van der Waals surface area contributed by atoms with Crippen LogP contribution in [0.5, 0.6) is 0 Å². The van der Waals surface area contributed by atoms with E-state index in [1.54, 1.807) is 28.8 Å². The second-order valence-electron chi connectivity index (χ2n) is 6.87. The molecular weight excluding hydrogens is 420 g/mol. The van der Waals surface area contributed by atoms with Crippen molar-refractivity contribution >= 4 is 40.3 Å². The van der Waals surface area contributed by atoms with E-state index in [9.17, 15) is 14.4 Å². The molecule has 2 aromatic carbocycles. The van der Waals surface area contributed by atoms with Gasteiger partial charge < -0.3 is 10.6 Å². The molecule has 2 aromatic heterocycles. The van der Waals surface area contributed by atoms with Gasteiger partial charge in [0.05, 0.1) is 13.1 Å². The number of benzene rings is 2. The summed E-state index contributed by atoms with van der Waals surface area (Å²) in [6, 6.07) is 16.3. The minimum absolute atomic E-state index is 0.0907. The maximum Gasteiger partial charge on any atom is 0.329 e. The lowest BCUT2D eigenvalue weighted by atomic mass is 10.2. The Labute approximate surface area is 181 Å². The molecule has 4 aromatic rings. The number of rotatable bonds is 6. The van der Waals surface area contributed by atoms with Gasteiger partial charge in [0, 0.05) is 17.8 Å². The van der Waals surface area contributed by atoms with Gasteiger partial charge in [-0.2, -0.15) is 4.98 Å². The maximum absolute atomic E-state index is 12.6. The van der Waals surface area contributed by atoms with Crippen molar-refractivity contribution in [2.75, 3.05) is 17.2 Å². The fraction of sp³-hybridized carbons (Fsp3) is 0.143. The number of H-pyrrole nitrogens is 1. The summed E-state index contributed by atoms with van der Waals surface area (Å²) in [5, 5.41) is 6.26. The third-order valence-electron chi connectivity index (χ3n) is 4.76. The Morgan fingerprint density at radius 1 is 1.10 bits per heavy atom. The summed E-state index contributed by atoms with van der Waals surface area (Å²) in [6.07, 6.45) is 0. The van der Waals surface area contributed by atoms with E-state index in [1.165, 1.54) is 11.6 Å². The quantitative estimate of drug-likeness (QED) is 0.427. The van der Waals surface area contributed by atoms with Crippen molar-refractivity contribution in [3.05, 3.63) is 86.0 Å². The Kier molecular flexibility index (Phi) is 5.59. The zero-order valence-corrected chi connectivity index (χ0v) is 17.3. The molecule has 0 saturated carbocycles. The first-order valence-electron chi connectivity index (χ1n) is 9.46. The third-order valence-corrected chi connectivity index (χ3v) is 5.13. The molecule has 0 saturated heterocycles. The number of para-hydroxylation sites is 1. The summed E-state index contributed by atoms with van der Waals surface area (Å²) in [5.41, 5.74) is 0.679. The SMILES string of the molecule is Cn1c(=O)[nH]c(=O)c2c1nc(NCC(=O)Nc1ccccc1)n2Cc1ccccc1Cl. The lowest BCUT2D eigenvalue weighted by Gasteiger charge is -2.12. The Morgan fingerprint density at radius 3 is 2.55 bits per heavy atom. The molecule has 2 heterocycles. The Hall–Kier alpha value is -3.85. The van der Waals surface area contributed by atoms with E-state index in [1.807, 2.05) is 30.3 Å². The molecule has 3 N–H and O–H groups in total. The number of nitrogens with zero attached hydrogens (tertiary/aromatic N) is 3. The highest BCUT2D eigenvalue weighted by Gasteiger charge is 2.19. The molecule has 31 heavy (non-hydrogen) atoms. The van der Waals surface area contributed by atoms with Crippen molar-refractivity contribution < 1.29 is 4.79 Å². The molecular formula is C21H19ClN6O3. The zero-order valence-electron chi connectivity index (χ0n) is 16.6. The fourth-order valence-corrected chi connectivity index (χ4v) is 3.40. The predicted molar refractivity (Wildman–Crippen MR) is 120 cm³/mol. The van der Waals surface area contributed by atoms with Crippen molar-refractivity contribution in [2.24, 2.45) is 7.05 Å². The normalized spacial score (nSPS) is 10.9. The van der Waals surface area contributed by atoms with E-state index < -0.39 is 11.2 Å². The number of hydrogen-bond donors (Lipinski definition) is 3. The molecule has 0 aliphatic rings. The molecule has 0 spiro atoms. The topological polar surface area (TPSA) is 114 Å². The summed E-state index contributed by atoms with van der Waals surface area (Å²) in [4.78, 5) is 43.6. The van der Waals surface area contributed by atoms with Gasteiger partial charge in [-0.25, -0.2) is 4.79 Å². The standard InChI is InChI=1S/C21H19ClN6O3/c1-27-18-17(19(30)26-21(27)31)28(12-13-7-5-6-10-15(13)22)20(25-18)23-11-16(29)24-14-8-3-2-4-9-14/h2-10H,11-12H2,1H3,(H,23,25)(H,24,29)(H,26,30,31). The van der Waals surface area contributed by atoms with Gasteiger partial charge in [-0.05, 0) is 23.8 Å². The van der Waals surface area contributed by atoms with Gasteiger partial charge in [0.2, 0.25) is 11.9 Å². The number of aromatic amines is 1. The molecule has 0 bridgehead atoms. The number of fused-ring (bicyclic) bond motifs is 1. The van der Waals surface area contributed by atoms with Crippen molar-refractivity contribution in [3.63, 3.8) is 0 Å². The average molecular weight is 439 g/mol. The highest BCUT2D eigenvalue weighted by Crippen LogP contribution is 2.21. The van der Waals surface area contributed by atoms with Crippen molar-refractivity contribution in [1.29, 1.82) is 0 Å². The first-order chi connectivity index (χ1) is 14.9. The number of carbonyl (C=O) groups excluding carboxylic acids is 1. The Morgan fingerprint density at radius 2 is 1.81 bits per heavy atom. The first-order valence-corrected chi connectivity index (χ1v) is 9.83. The number of hydrogen-bond acceptors (Lipinski definition) is 5. The molecule has 10 heteroatoms. The van der Waals surface area contributed by atoms with Gasteiger partial charge in [-0.3, -0.25) is 23.7 Å². The maximum atomic E-state index is 12.6. The number of nitrogens with one attached hydrogen (secondary N) is 3. The lowest BCUT2D eigenvalue weighted by Crippen LogP contribution is -2.29. The third kappa shape index (κ3) is 4.22. The highest BCUT2D eigenvalue weighted by molar-refractivity contribution is 6.31. The van der Waals surface area contributed by atoms with Crippen LogP contribution in [0.2, 0.25) is 5.02 Å². The van der Waals surface area contributed by atoms with Gasteiger partial charge in [0.15, 0.2) is 11.2 Å². The smallest absolute Gasteiger partial charge is 0.329 e. The van der Waals surface area contributed by atoms with Crippen molar-refractivity contribution in [2.45, 2.75) is 6.54 Å². The molecule has 0 fully saturated rings. The van der Waals surface area contributed by atoms with Gasteiger partial charge >= 0.3 is 5.69 Å². The van der Waals surface area contributed by atoms with E-state index in [-0.39, 0.29) is 36.1 Å². The van der Waals surface area contributed by atoms with Crippen LogP contribution >= 0.6 is 11.6 Å². The van der Waals surface area contributed by atoms with Gasteiger partial charge in [-0.15, -0.1) is 0 Å². The second-order valence-corrected chi connectivity index (χ2v) is 7.28. The van der Waals surface area contributed by atoms with E-state index in [0.717, 1.165) is 5.56 Å². The molecule has 0 aliphatic heterocycles. The molecule has 4 rings (SSSR count). The van der Waals surface area contributed by atoms with Crippen LogP contribution in [-0.2, 0) is 18.4 Å². The number of aryl methyl sites for hydroxylation is 1. The fourth-order valence-electron chi connectivity index (χ4n) is 3.21. The largest absolute Gasteiger partial charge is 0.346 e. The summed E-state index contributed by atoms with van der Waals surface area (Å²) < 4.78 is 2.85. The van der Waals surface area contributed by atoms with E-state index >= 15 is 0 Å². The predicted octanol–water partition coefficient (Wildman–Crippen LogP) is 2.18. The number of imidazole rings is 1. The van der Waals surface area contributed by atoms with Gasteiger partial charge in [0.1, 0.15) is 0 Å². The van der Waals surface area contributed by atoms with Gasteiger partial charge in [-0.1, -0.05) is 48.0 Å². The van der Waals surface area contributed by atoms with Crippen molar-refractivity contribution in [1.82, 2.24) is 19.1 Å². The summed E-state index contributed by atoms with van der Waals surface area (Å²) in [5.74, 6) is -0.0184. The summed E-state index contributed by atoms with van der Waals surface area (Å²) in [7, 11) is 1.51. The second kappa shape index (κ2) is 8.49. The molecule has 0 atom stereocenters. The van der Waals surface area contributed by atoms with Crippen LogP contribution in [0.15, 0.2) is 64.2 Å². The number of anilines is 2. The highest BCUT2D eigenvalue weighted by atomic mass is 35.5. The molecule has 0 aliphatic carbocycles. The zero-order chi connectivity index (χ0) is 22.0. The van der Waals surface area contributed by atoms with Crippen LogP contribution in [0.25, 0.3) is 11.2 Å². The van der Waals surface area contributed by atoms with E-state index in [4.69, 9.17) is 11.6 Å². The minimum atomic E-state index is -0.576. The molecule has 158 valence electrons. The van der Waals surface area contributed by atoms with Crippen LogP contribution in [0.4, 0.5) is 11.6 Å². The van der Waals surface area contributed by atoms with Gasteiger partial charge in [0.25, 0.3) is 5.56 Å². The first kappa shape index (κ1) is 20.4.